The predicted octanol–water partition coefficient (Wildman–Crippen LogP) is 1.19. The molecule has 0 bridgehead atoms. The van der Waals surface area contributed by atoms with E-state index in [9.17, 15) is 4.79 Å². The number of amides is 1. The lowest BCUT2D eigenvalue weighted by atomic mass is 10.3. The Kier molecular flexibility index (Phi) is 4.43. The Labute approximate surface area is 128 Å². The first-order valence-electron chi connectivity index (χ1n) is 7.43. The summed E-state index contributed by atoms with van der Waals surface area (Å²) in [5.74, 6) is 1.29. The second-order valence-corrected chi connectivity index (χ2v) is 5.39. The molecule has 0 spiro atoms. The Morgan fingerprint density at radius 1 is 1.32 bits per heavy atom. The molecule has 1 saturated heterocycles. The molecule has 7 nitrogen and oxygen atoms in total. The first-order valence-corrected chi connectivity index (χ1v) is 7.43. The molecule has 1 aliphatic rings. The van der Waals surface area contributed by atoms with Crippen LogP contribution in [0.4, 0.5) is 0 Å². The molecular weight excluding hydrogens is 282 g/mol. The van der Waals surface area contributed by atoms with Crippen molar-refractivity contribution in [3.8, 4) is 11.4 Å². The van der Waals surface area contributed by atoms with Crippen molar-refractivity contribution in [1.29, 1.82) is 0 Å². The van der Waals surface area contributed by atoms with Crippen LogP contribution in [0, 0.1) is 0 Å². The van der Waals surface area contributed by atoms with Crippen molar-refractivity contribution in [2.45, 2.75) is 19.9 Å². The Balaban J connectivity index is 1.62. The second kappa shape index (κ2) is 6.65. The quantitative estimate of drug-likeness (QED) is 0.847. The zero-order valence-electron chi connectivity index (χ0n) is 12.6. The van der Waals surface area contributed by atoms with Gasteiger partial charge in [-0.05, 0) is 18.6 Å². The van der Waals surface area contributed by atoms with Crippen molar-refractivity contribution in [3.05, 3.63) is 30.4 Å². The topological polar surface area (TPSA) is 75.4 Å². The van der Waals surface area contributed by atoms with E-state index in [1.54, 1.807) is 19.3 Å². The Bertz CT molecular complexity index is 628. The zero-order chi connectivity index (χ0) is 15.4. The highest BCUT2D eigenvalue weighted by Gasteiger charge is 2.18. The van der Waals surface area contributed by atoms with Crippen LogP contribution in [0.15, 0.2) is 29.0 Å². The molecule has 1 fully saturated rings. The van der Waals surface area contributed by atoms with Crippen LogP contribution in [0.2, 0.25) is 0 Å². The maximum absolute atomic E-state index is 11.4. The molecule has 1 aliphatic heterocycles. The highest BCUT2D eigenvalue weighted by atomic mass is 16.5. The molecule has 0 saturated carbocycles. The van der Waals surface area contributed by atoms with Crippen LogP contribution < -0.4 is 0 Å². The number of nitrogens with zero attached hydrogens (tertiary/aromatic N) is 5. The summed E-state index contributed by atoms with van der Waals surface area (Å²) in [7, 11) is 0. The van der Waals surface area contributed by atoms with Crippen molar-refractivity contribution in [2.75, 3.05) is 26.2 Å². The van der Waals surface area contributed by atoms with Gasteiger partial charge in [0, 0.05) is 51.1 Å². The maximum atomic E-state index is 11.4. The summed E-state index contributed by atoms with van der Waals surface area (Å²) < 4.78 is 5.33. The van der Waals surface area contributed by atoms with Crippen molar-refractivity contribution in [3.63, 3.8) is 0 Å². The van der Waals surface area contributed by atoms with Gasteiger partial charge in [0.2, 0.25) is 17.6 Å². The Hall–Kier alpha value is -2.28. The Morgan fingerprint density at radius 3 is 3.00 bits per heavy atom. The van der Waals surface area contributed by atoms with E-state index < -0.39 is 0 Å². The first kappa shape index (κ1) is 14.6. The summed E-state index contributed by atoms with van der Waals surface area (Å²) in [6, 6.07) is 3.74. The first-order chi connectivity index (χ1) is 10.7. The van der Waals surface area contributed by atoms with Gasteiger partial charge < -0.3 is 9.42 Å². The van der Waals surface area contributed by atoms with E-state index >= 15 is 0 Å². The molecule has 0 aromatic carbocycles. The van der Waals surface area contributed by atoms with Crippen LogP contribution in [0.3, 0.4) is 0 Å². The van der Waals surface area contributed by atoms with E-state index in [1.807, 2.05) is 17.0 Å². The van der Waals surface area contributed by atoms with E-state index in [-0.39, 0.29) is 5.91 Å². The van der Waals surface area contributed by atoms with Crippen LogP contribution in [0.1, 0.15) is 19.2 Å². The minimum Gasteiger partial charge on any atom is -0.342 e. The Morgan fingerprint density at radius 2 is 2.23 bits per heavy atom. The van der Waals surface area contributed by atoms with Gasteiger partial charge in [0.25, 0.3) is 0 Å². The lowest BCUT2D eigenvalue weighted by Gasteiger charge is -2.19. The number of hydrogen-bond acceptors (Lipinski definition) is 6. The van der Waals surface area contributed by atoms with Gasteiger partial charge in [0.05, 0.1) is 6.54 Å². The summed E-state index contributed by atoms with van der Waals surface area (Å²) in [4.78, 5) is 24.0. The molecule has 7 heteroatoms. The number of carbonyl (C=O) groups is 1. The zero-order valence-corrected chi connectivity index (χ0v) is 12.6. The number of hydrogen-bond donors (Lipinski definition) is 0. The molecule has 2 aromatic rings. The van der Waals surface area contributed by atoms with Gasteiger partial charge in [0.15, 0.2) is 0 Å². The summed E-state index contributed by atoms with van der Waals surface area (Å²) in [5, 5.41) is 4.00. The van der Waals surface area contributed by atoms with Gasteiger partial charge in [-0.25, -0.2) is 0 Å². The average Bonchev–Trinajstić information content (AvgIpc) is 2.86. The normalized spacial score (nSPS) is 16.5. The standard InChI is InChI=1S/C15H19N5O2/c1-12(21)20-7-3-6-19(8-9-20)11-14-17-15(18-22-14)13-4-2-5-16-10-13/h2,4-5,10H,3,6-9,11H2,1H3. The SMILES string of the molecule is CC(=O)N1CCCN(Cc2nc(-c3cccnc3)no2)CC1. The smallest absolute Gasteiger partial charge is 0.241 e. The molecule has 2 aromatic heterocycles. The van der Waals surface area contributed by atoms with Crippen LogP contribution in [0.25, 0.3) is 11.4 Å². The van der Waals surface area contributed by atoms with Crippen LogP contribution in [0.5, 0.6) is 0 Å². The summed E-state index contributed by atoms with van der Waals surface area (Å²) in [6.45, 7) is 5.54. The minimum atomic E-state index is 0.138. The highest BCUT2D eigenvalue weighted by molar-refractivity contribution is 5.73. The van der Waals surface area contributed by atoms with Gasteiger partial charge in [-0.2, -0.15) is 4.98 Å². The van der Waals surface area contributed by atoms with Gasteiger partial charge in [-0.15, -0.1) is 0 Å². The van der Waals surface area contributed by atoms with Crippen molar-refractivity contribution in [1.82, 2.24) is 24.9 Å². The van der Waals surface area contributed by atoms with Crippen molar-refractivity contribution in [2.24, 2.45) is 0 Å². The number of aromatic nitrogens is 3. The van der Waals surface area contributed by atoms with E-state index in [2.05, 4.69) is 20.0 Å². The van der Waals surface area contributed by atoms with Gasteiger partial charge >= 0.3 is 0 Å². The molecule has 0 atom stereocenters. The molecule has 0 N–H and O–H groups in total. The maximum Gasteiger partial charge on any atom is 0.241 e. The molecule has 1 amide bonds. The monoisotopic (exact) mass is 301 g/mol. The van der Waals surface area contributed by atoms with E-state index in [4.69, 9.17) is 4.52 Å². The van der Waals surface area contributed by atoms with Gasteiger partial charge in [-0.1, -0.05) is 5.16 Å². The fraction of sp³-hybridized carbons (Fsp3) is 0.467. The third kappa shape index (κ3) is 3.48. The van der Waals surface area contributed by atoms with Crippen LogP contribution in [-0.2, 0) is 11.3 Å². The van der Waals surface area contributed by atoms with E-state index in [0.29, 0.717) is 18.3 Å². The van der Waals surface area contributed by atoms with E-state index in [1.165, 1.54) is 0 Å². The second-order valence-electron chi connectivity index (χ2n) is 5.39. The third-order valence-corrected chi connectivity index (χ3v) is 3.78. The predicted molar refractivity (Wildman–Crippen MR) is 79.7 cm³/mol. The summed E-state index contributed by atoms with van der Waals surface area (Å²) in [5.41, 5.74) is 0.844. The fourth-order valence-corrected chi connectivity index (χ4v) is 2.57. The number of pyridine rings is 1. The van der Waals surface area contributed by atoms with E-state index in [0.717, 1.165) is 38.2 Å². The fourth-order valence-electron chi connectivity index (χ4n) is 2.57. The van der Waals surface area contributed by atoms with Crippen molar-refractivity contribution >= 4 is 5.91 Å². The average molecular weight is 301 g/mol. The molecule has 0 unspecified atom stereocenters. The third-order valence-electron chi connectivity index (χ3n) is 3.78. The molecule has 0 aliphatic carbocycles. The molecule has 22 heavy (non-hydrogen) atoms. The van der Waals surface area contributed by atoms with Crippen molar-refractivity contribution < 1.29 is 9.32 Å². The summed E-state index contributed by atoms with van der Waals surface area (Å²) in [6.07, 6.45) is 4.39. The molecule has 0 radical (unpaired) electrons. The summed E-state index contributed by atoms with van der Waals surface area (Å²) >= 11 is 0. The largest absolute Gasteiger partial charge is 0.342 e. The molecule has 116 valence electrons. The molecular formula is C15H19N5O2. The highest BCUT2D eigenvalue weighted by Crippen LogP contribution is 2.15. The van der Waals surface area contributed by atoms with Crippen LogP contribution in [-0.4, -0.2) is 57.0 Å². The van der Waals surface area contributed by atoms with Gasteiger partial charge in [-0.3, -0.25) is 14.7 Å². The van der Waals surface area contributed by atoms with Gasteiger partial charge in [0.1, 0.15) is 0 Å². The molecule has 3 heterocycles. The molecule has 3 rings (SSSR count). The van der Waals surface area contributed by atoms with Crippen LogP contribution >= 0.6 is 0 Å². The number of carbonyl (C=O) groups excluding carboxylic acids is 1. The lowest BCUT2D eigenvalue weighted by Crippen LogP contribution is -2.33. The lowest BCUT2D eigenvalue weighted by molar-refractivity contribution is -0.128. The minimum absolute atomic E-state index is 0.138. The number of rotatable bonds is 3.